The van der Waals surface area contributed by atoms with Crippen LogP contribution in [0.3, 0.4) is 0 Å². The second-order valence-corrected chi connectivity index (χ2v) is 2.55. The molecular weight excluding hydrogens is 173 g/mol. The van der Waals surface area contributed by atoms with Gasteiger partial charge >= 0.3 is 0 Å². The molecule has 0 atom stereocenters. The van der Waals surface area contributed by atoms with Crippen LogP contribution >= 0.6 is 0 Å². The number of halogens is 1. The van der Waals surface area contributed by atoms with Crippen LogP contribution in [0.2, 0.25) is 0 Å². The summed E-state index contributed by atoms with van der Waals surface area (Å²) in [4.78, 5) is 3.52. The molecule has 0 aliphatic rings. The first-order valence-corrected chi connectivity index (χ1v) is 4.00. The predicted molar refractivity (Wildman–Crippen MR) is 45.7 cm³/mol. The average Bonchev–Trinajstić information content (AvgIpc) is 2.15. The van der Waals surface area contributed by atoms with E-state index in [1.54, 1.807) is 13.2 Å². The quantitative estimate of drug-likeness (QED) is 0.394. The van der Waals surface area contributed by atoms with Crippen molar-refractivity contribution in [3.05, 3.63) is 29.8 Å². The Bertz CT molecular complexity index is 238. The molecular formula is C9H12FNO2. The number of pyridine rings is 1. The normalized spacial score (nSPS) is 10.3. The standard InChI is InChI=1S/C9H12FNO2/c1-12-7-13-5-4-8-2-3-9(10)11-6-8/h2-3,6H,4-5,7H2,1H3. The van der Waals surface area contributed by atoms with E-state index in [9.17, 15) is 4.39 Å². The Hall–Kier alpha value is -1.00. The van der Waals surface area contributed by atoms with Crippen molar-refractivity contribution in [2.45, 2.75) is 6.42 Å². The van der Waals surface area contributed by atoms with Gasteiger partial charge in [-0.1, -0.05) is 6.07 Å². The molecule has 0 radical (unpaired) electrons. The molecule has 1 heterocycles. The van der Waals surface area contributed by atoms with Crippen LogP contribution in [0, 0.1) is 5.95 Å². The average molecular weight is 185 g/mol. The number of aromatic nitrogens is 1. The Morgan fingerprint density at radius 2 is 2.31 bits per heavy atom. The largest absolute Gasteiger partial charge is 0.359 e. The zero-order valence-electron chi connectivity index (χ0n) is 7.50. The number of ether oxygens (including phenoxy) is 2. The molecule has 0 saturated heterocycles. The summed E-state index contributed by atoms with van der Waals surface area (Å²) in [6.07, 6.45) is 2.22. The van der Waals surface area contributed by atoms with E-state index >= 15 is 0 Å². The van der Waals surface area contributed by atoms with Gasteiger partial charge in [0.1, 0.15) is 6.79 Å². The highest BCUT2D eigenvalue weighted by molar-refractivity contribution is 5.09. The molecule has 0 aliphatic carbocycles. The van der Waals surface area contributed by atoms with Crippen LogP contribution in [0.1, 0.15) is 5.56 Å². The molecule has 0 fully saturated rings. The summed E-state index contributed by atoms with van der Waals surface area (Å²) in [6, 6.07) is 3.03. The first kappa shape index (κ1) is 10.1. The lowest BCUT2D eigenvalue weighted by Crippen LogP contribution is -2.01. The van der Waals surface area contributed by atoms with Gasteiger partial charge in [-0.2, -0.15) is 4.39 Å². The van der Waals surface area contributed by atoms with E-state index in [0.717, 1.165) is 12.0 Å². The van der Waals surface area contributed by atoms with E-state index in [2.05, 4.69) is 4.98 Å². The van der Waals surface area contributed by atoms with Crippen molar-refractivity contribution in [3.8, 4) is 0 Å². The molecule has 0 unspecified atom stereocenters. The van der Waals surface area contributed by atoms with Crippen molar-refractivity contribution in [2.24, 2.45) is 0 Å². The third-order valence-electron chi connectivity index (χ3n) is 1.52. The zero-order chi connectivity index (χ0) is 9.52. The van der Waals surface area contributed by atoms with Crippen LogP contribution < -0.4 is 0 Å². The van der Waals surface area contributed by atoms with Crippen molar-refractivity contribution in [2.75, 3.05) is 20.5 Å². The zero-order valence-corrected chi connectivity index (χ0v) is 7.50. The van der Waals surface area contributed by atoms with Crippen LogP contribution in [-0.2, 0) is 15.9 Å². The summed E-state index contributed by atoms with van der Waals surface area (Å²) < 4.78 is 22.1. The summed E-state index contributed by atoms with van der Waals surface area (Å²) in [5.41, 5.74) is 0.956. The van der Waals surface area contributed by atoms with Crippen molar-refractivity contribution >= 4 is 0 Å². The van der Waals surface area contributed by atoms with Gasteiger partial charge in [0.25, 0.3) is 0 Å². The molecule has 13 heavy (non-hydrogen) atoms. The summed E-state index contributed by atoms with van der Waals surface area (Å²) in [5.74, 6) is -0.457. The molecule has 1 rings (SSSR count). The second-order valence-electron chi connectivity index (χ2n) is 2.55. The van der Waals surface area contributed by atoms with Gasteiger partial charge in [0.15, 0.2) is 0 Å². The second kappa shape index (κ2) is 5.61. The monoisotopic (exact) mass is 185 g/mol. The smallest absolute Gasteiger partial charge is 0.212 e. The molecule has 1 aromatic heterocycles. The molecule has 0 bridgehead atoms. The molecule has 0 aromatic carbocycles. The van der Waals surface area contributed by atoms with E-state index in [-0.39, 0.29) is 6.79 Å². The summed E-state index contributed by atoms with van der Waals surface area (Å²) in [7, 11) is 1.57. The maximum atomic E-state index is 12.4. The van der Waals surface area contributed by atoms with Gasteiger partial charge < -0.3 is 9.47 Å². The van der Waals surface area contributed by atoms with Crippen LogP contribution in [0.15, 0.2) is 18.3 Å². The van der Waals surface area contributed by atoms with E-state index in [1.165, 1.54) is 12.3 Å². The maximum Gasteiger partial charge on any atom is 0.212 e. The Morgan fingerprint density at radius 3 is 2.92 bits per heavy atom. The summed E-state index contributed by atoms with van der Waals surface area (Å²) >= 11 is 0. The van der Waals surface area contributed by atoms with Gasteiger partial charge in [-0.15, -0.1) is 0 Å². The van der Waals surface area contributed by atoms with Crippen LogP contribution in [-0.4, -0.2) is 25.5 Å². The molecule has 0 aliphatic heterocycles. The summed E-state index contributed by atoms with van der Waals surface area (Å²) in [5, 5.41) is 0. The highest BCUT2D eigenvalue weighted by Crippen LogP contribution is 1.99. The van der Waals surface area contributed by atoms with E-state index in [4.69, 9.17) is 9.47 Å². The fraction of sp³-hybridized carbons (Fsp3) is 0.444. The van der Waals surface area contributed by atoms with Crippen molar-refractivity contribution < 1.29 is 13.9 Å². The molecule has 3 nitrogen and oxygen atoms in total. The Morgan fingerprint density at radius 1 is 1.46 bits per heavy atom. The lowest BCUT2D eigenvalue weighted by atomic mass is 10.2. The van der Waals surface area contributed by atoms with Crippen molar-refractivity contribution in [3.63, 3.8) is 0 Å². The first-order chi connectivity index (χ1) is 6.33. The van der Waals surface area contributed by atoms with Gasteiger partial charge in [0.05, 0.1) is 6.61 Å². The number of hydrogen-bond donors (Lipinski definition) is 0. The minimum atomic E-state index is -0.457. The highest BCUT2D eigenvalue weighted by atomic mass is 19.1. The van der Waals surface area contributed by atoms with Crippen LogP contribution in [0.4, 0.5) is 4.39 Å². The number of hydrogen-bond acceptors (Lipinski definition) is 3. The molecule has 0 spiro atoms. The SMILES string of the molecule is COCOCCc1ccc(F)nc1. The topological polar surface area (TPSA) is 31.4 Å². The van der Waals surface area contributed by atoms with Crippen molar-refractivity contribution in [1.82, 2.24) is 4.98 Å². The molecule has 0 saturated carbocycles. The minimum Gasteiger partial charge on any atom is -0.359 e. The van der Waals surface area contributed by atoms with Gasteiger partial charge in [0.2, 0.25) is 5.95 Å². The Kier molecular flexibility index (Phi) is 4.35. The van der Waals surface area contributed by atoms with Gasteiger partial charge in [0, 0.05) is 13.3 Å². The van der Waals surface area contributed by atoms with Gasteiger partial charge in [-0.3, -0.25) is 0 Å². The highest BCUT2D eigenvalue weighted by Gasteiger charge is 1.94. The third kappa shape index (κ3) is 3.96. The van der Waals surface area contributed by atoms with Gasteiger partial charge in [-0.25, -0.2) is 4.98 Å². The lowest BCUT2D eigenvalue weighted by Gasteiger charge is -2.01. The maximum absolute atomic E-state index is 12.4. The fourth-order valence-corrected chi connectivity index (χ4v) is 0.887. The number of methoxy groups -OCH3 is 1. The van der Waals surface area contributed by atoms with Gasteiger partial charge in [-0.05, 0) is 18.1 Å². The first-order valence-electron chi connectivity index (χ1n) is 4.00. The molecule has 4 heteroatoms. The van der Waals surface area contributed by atoms with Crippen LogP contribution in [0.25, 0.3) is 0 Å². The van der Waals surface area contributed by atoms with E-state index in [1.807, 2.05) is 0 Å². The lowest BCUT2D eigenvalue weighted by molar-refractivity contribution is -0.0291. The van der Waals surface area contributed by atoms with Crippen molar-refractivity contribution in [1.29, 1.82) is 0 Å². The molecule has 1 aromatic rings. The summed E-state index contributed by atoms with van der Waals surface area (Å²) in [6.45, 7) is 0.843. The Balaban J connectivity index is 2.25. The number of nitrogens with zero attached hydrogens (tertiary/aromatic N) is 1. The molecule has 0 N–H and O–H groups in total. The molecule has 72 valence electrons. The predicted octanol–water partition coefficient (Wildman–Crippen LogP) is 1.38. The minimum absolute atomic E-state index is 0.286. The van der Waals surface area contributed by atoms with E-state index < -0.39 is 5.95 Å². The molecule has 0 amide bonds. The number of rotatable bonds is 5. The third-order valence-corrected chi connectivity index (χ3v) is 1.52. The fourth-order valence-electron chi connectivity index (χ4n) is 0.887. The van der Waals surface area contributed by atoms with Crippen LogP contribution in [0.5, 0.6) is 0 Å². The Labute approximate surface area is 76.5 Å². The van der Waals surface area contributed by atoms with E-state index in [0.29, 0.717) is 6.61 Å².